The van der Waals surface area contributed by atoms with Crippen LogP contribution >= 0.6 is 11.6 Å². The number of aromatic nitrogens is 3. The molecule has 2 amide bonds. The normalized spacial score (nSPS) is 17.0. The van der Waals surface area contributed by atoms with Crippen molar-refractivity contribution in [1.82, 2.24) is 25.2 Å². The number of aliphatic hydroxyl groups excluding tert-OH is 1. The molecule has 1 fully saturated rings. The Morgan fingerprint density at radius 1 is 1.21 bits per heavy atom. The van der Waals surface area contributed by atoms with Gasteiger partial charge in [0.1, 0.15) is 6.04 Å². The molecule has 1 aromatic carbocycles. The summed E-state index contributed by atoms with van der Waals surface area (Å²) in [5, 5.41) is 16.4. The molecule has 204 valence electrons. The van der Waals surface area contributed by atoms with Crippen LogP contribution in [0, 0.1) is 6.92 Å². The number of rotatable bonds is 8. The van der Waals surface area contributed by atoms with E-state index in [4.69, 9.17) is 16.3 Å². The molecule has 3 aromatic rings. The molecule has 2 aliphatic rings. The fourth-order valence-corrected chi connectivity index (χ4v) is 4.98. The van der Waals surface area contributed by atoms with Crippen LogP contribution in [0.15, 0.2) is 42.7 Å². The number of nitrogens with one attached hydrogen (secondary N) is 2. The minimum atomic E-state index is -0.759. The zero-order valence-electron chi connectivity index (χ0n) is 21.9. The Kier molecular flexibility index (Phi) is 8.06. The summed E-state index contributed by atoms with van der Waals surface area (Å²) in [5.74, 6) is -0.156. The maximum Gasteiger partial charge on any atom is 0.255 e. The van der Waals surface area contributed by atoms with Crippen LogP contribution in [-0.4, -0.2) is 68.7 Å². The van der Waals surface area contributed by atoms with Gasteiger partial charge < -0.3 is 25.4 Å². The highest BCUT2D eigenvalue weighted by molar-refractivity contribution is 6.33. The number of nitrogens with zero attached hydrogens (tertiary/aromatic N) is 4. The first-order valence-electron chi connectivity index (χ1n) is 13.0. The lowest BCUT2D eigenvalue weighted by Gasteiger charge is -2.25. The lowest BCUT2D eigenvalue weighted by Crippen LogP contribution is -2.46. The van der Waals surface area contributed by atoms with Gasteiger partial charge in [0, 0.05) is 43.1 Å². The van der Waals surface area contributed by atoms with Crippen LogP contribution in [0.4, 0.5) is 5.95 Å². The van der Waals surface area contributed by atoms with Crippen molar-refractivity contribution in [2.75, 3.05) is 25.1 Å². The molecule has 2 aromatic heterocycles. The topological polar surface area (TPSA) is 130 Å². The minimum Gasteiger partial charge on any atom is -0.394 e. The Hall–Kier alpha value is -3.60. The first kappa shape index (κ1) is 27.0. The van der Waals surface area contributed by atoms with E-state index in [9.17, 15) is 14.7 Å². The monoisotopic (exact) mass is 550 g/mol. The lowest BCUT2D eigenvalue weighted by atomic mass is 10.0. The molecule has 4 heterocycles. The van der Waals surface area contributed by atoms with Crippen molar-refractivity contribution in [1.29, 1.82) is 0 Å². The van der Waals surface area contributed by atoms with E-state index in [2.05, 4.69) is 25.6 Å². The maximum absolute atomic E-state index is 13.4. The molecule has 2 atom stereocenters. The number of pyridine rings is 1. The van der Waals surface area contributed by atoms with E-state index in [1.54, 1.807) is 31.5 Å². The molecule has 0 unspecified atom stereocenters. The van der Waals surface area contributed by atoms with E-state index in [1.165, 1.54) is 4.90 Å². The number of benzene rings is 1. The van der Waals surface area contributed by atoms with Gasteiger partial charge in [0.05, 0.1) is 35.3 Å². The van der Waals surface area contributed by atoms with Crippen LogP contribution in [-0.2, 0) is 16.1 Å². The van der Waals surface area contributed by atoms with E-state index in [-0.39, 0.29) is 24.5 Å². The van der Waals surface area contributed by atoms with Gasteiger partial charge in [-0.05, 0) is 49.9 Å². The predicted molar refractivity (Wildman–Crippen MR) is 146 cm³/mol. The molecule has 1 saturated heterocycles. The van der Waals surface area contributed by atoms with Gasteiger partial charge in [-0.1, -0.05) is 29.8 Å². The molecule has 11 heteroatoms. The van der Waals surface area contributed by atoms with Crippen LogP contribution < -0.4 is 10.6 Å². The van der Waals surface area contributed by atoms with Crippen LogP contribution in [0.3, 0.4) is 0 Å². The molecule has 0 aliphatic carbocycles. The third-order valence-corrected chi connectivity index (χ3v) is 7.43. The number of hydrogen-bond donors (Lipinski definition) is 3. The van der Waals surface area contributed by atoms with E-state index in [0.717, 1.165) is 24.0 Å². The number of fused-ring (bicyclic) bond motifs is 1. The zero-order valence-corrected chi connectivity index (χ0v) is 22.6. The smallest absolute Gasteiger partial charge is 0.255 e. The van der Waals surface area contributed by atoms with Crippen molar-refractivity contribution in [3.63, 3.8) is 0 Å². The summed E-state index contributed by atoms with van der Waals surface area (Å²) in [5.41, 5.74) is 4.06. The van der Waals surface area contributed by atoms with E-state index < -0.39 is 12.1 Å². The van der Waals surface area contributed by atoms with Crippen LogP contribution in [0.2, 0.25) is 5.02 Å². The molecular weight excluding hydrogens is 520 g/mol. The van der Waals surface area contributed by atoms with Gasteiger partial charge in [-0.2, -0.15) is 0 Å². The second kappa shape index (κ2) is 11.6. The van der Waals surface area contributed by atoms with Crippen molar-refractivity contribution in [2.24, 2.45) is 0 Å². The average Bonchev–Trinajstić information content (AvgIpc) is 3.28. The summed E-state index contributed by atoms with van der Waals surface area (Å²) >= 11 is 6.46. The Balaban J connectivity index is 1.30. The van der Waals surface area contributed by atoms with Crippen molar-refractivity contribution < 1.29 is 19.4 Å². The molecule has 39 heavy (non-hydrogen) atoms. The van der Waals surface area contributed by atoms with Crippen LogP contribution in [0.25, 0.3) is 11.3 Å². The highest BCUT2D eigenvalue weighted by atomic mass is 35.5. The van der Waals surface area contributed by atoms with Gasteiger partial charge in [-0.15, -0.1) is 0 Å². The number of halogens is 1. The Morgan fingerprint density at radius 2 is 2.00 bits per heavy atom. The first-order chi connectivity index (χ1) is 18.8. The molecule has 0 saturated carbocycles. The van der Waals surface area contributed by atoms with Gasteiger partial charge in [0.25, 0.3) is 5.91 Å². The molecule has 10 nitrogen and oxygen atoms in total. The van der Waals surface area contributed by atoms with Gasteiger partial charge in [-0.3, -0.25) is 14.6 Å². The fraction of sp³-hybridized carbons (Fsp3) is 0.393. The SMILES string of the molecule is Cc1ccc([C@H](CO)NC(=O)[C@@H](C)N2Cc3ccc(-c4nc(NC5CCOCC5)ncc4Cl)cc3C2=O)nc1. The lowest BCUT2D eigenvalue weighted by molar-refractivity contribution is -0.126. The van der Waals surface area contributed by atoms with E-state index in [1.807, 2.05) is 25.1 Å². The number of aliphatic hydroxyl groups is 1. The van der Waals surface area contributed by atoms with Crippen molar-refractivity contribution >= 4 is 29.4 Å². The van der Waals surface area contributed by atoms with E-state index >= 15 is 0 Å². The summed E-state index contributed by atoms with van der Waals surface area (Å²) in [6.45, 7) is 4.96. The third kappa shape index (κ3) is 5.88. The number of carbonyl (C=O) groups is 2. The second-order valence-electron chi connectivity index (χ2n) is 9.91. The highest BCUT2D eigenvalue weighted by Crippen LogP contribution is 2.32. The molecule has 0 spiro atoms. The number of aryl methyl sites for hydroxylation is 1. The average molecular weight is 551 g/mol. The molecule has 0 bridgehead atoms. The summed E-state index contributed by atoms with van der Waals surface area (Å²) in [4.78, 5) is 41.2. The Bertz CT molecular complexity index is 1360. The summed E-state index contributed by atoms with van der Waals surface area (Å²) in [6, 6.07) is 7.93. The largest absolute Gasteiger partial charge is 0.394 e. The predicted octanol–water partition coefficient (Wildman–Crippen LogP) is 3.29. The standard InChI is InChI=1S/C28H31ClN6O4/c1-16-3-6-23(30-12-16)24(15-36)33-26(37)17(2)35-14-19-5-4-18(11-21(19)27(35)38)25-22(29)13-31-28(34-25)32-20-7-9-39-10-8-20/h3-6,11-13,17,20,24,36H,7-10,14-15H2,1-2H3,(H,33,37)(H,31,32,34)/t17-,24+/m1/s1. The molecule has 0 radical (unpaired) electrons. The van der Waals surface area contributed by atoms with E-state index in [0.29, 0.717) is 53.2 Å². The molecule has 5 rings (SSSR count). The molecular formula is C28H31ClN6O4. The number of carbonyl (C=O) groups excluding carboxylic acids is 2. The number of ether oxygens (including phenoxy) is 1. The molecule has 2 aliphatic heterocycles. The Labute approximate surface area is 231 Å². The van der Waals surface area contributed by atoms with Crippen LogP contribution in [0.1, 0.15) is 53.0 Å². The maximum atomic E-state index is 13.4. The van der Waals surface area contributed by atoms with Gasteiger partial charge in [0.2, 0.25) is 11.9 Å². The summed E-state index contributed by atoms with van der Waals surface area (Å²) in [7, 11) is 0. The third-order valence-electron chi connectivity index (χ3n) is 7.15. The second-order valence-corrected chi connectivity index (χ2v) is 10.3. The highest BCUT2D eigenvalue weighted by Gasteiger charge is 2.35. The first-order valence-corrected chi connectivity index (χ1v) is 13.4. The van der Waals surface area contributed by atoms with Gasteiger partial charge in [-0.25, -0.2) is 9.97 Å². The van der Waals surface area contributed by atoms with Gasteiger partial charge >= 0.3 is 0 Å². The van der Waals surface area contributed by atoms with Crippen LogP contribution in [0.5, 0.6) is 0 Å². The van der Waals surface area contributed by atoms with Gasteiger partial charge in [0.15, 0.2) is 0 Å². The number of anilines is 1. The van der Waals surface area contributed by atoms with Crippen molar-refractivity contribution in [2.45, 2.75) is 51.4 Å². The molecule has 3 N–H and O–H groups in total. The summed E-state index contributed by atoms with van der Waals surface area (Å²) < 4.78 is 5.41. The Morgan fingerprint density at radius 3 is 2.72 bits per heavy atom. The quantitative estimate of drug-likeness (QED) is 0.389. The summed E-state index contributed by atoms with van der Waals surface area (Å²) in [6.07, 6.45) is 4.98. The zero-order chi connectivity index (χ0) is 27.5. The minimum absolute atomic E-state index is 0.225. The van der Waals surface area contributed by atoms with Crippen molar-refractivity contribution in [3.05, 3.63) is 70.1 Å². The fourth-order valence-electron chi connectivity index (χ4n) is 4.78. The van der Waals surface area contributed by atoms with Crippen molar-refractivity contribution in [3.8, 4) is 11.3 Å². The number of amides is 2. The number of hydrogen-bond acceptors (Lipinski definition) is 8.